The van der Waals surface area contributed by atoms with Gasteiger partial charge < -0.3 is 4.74 Å². The van der Waals surface area contributed by atoms with Gasteiger partial charge in [0.05, 0.1) is 11.7 Å². The highest BCUT2D eigenvalue weighted by Crippen LogP contribution is 2.22. The van der Waals surface area contributed by atoms with E-state index in [1.165, 1.54) is 35.2 Å². The van der Waals surface area contributed by atoms with Crippen molar-refractivity contribution in [1.82, 2.24) is 10.4 Å². The lowest BCUT2D eigenvalue weighted by atomic mass is 10.2. The van der Waals surface area contributed by atoms with Gasteiger partial charge in [-0.25, -0.2) is 10.4 Å². The van der Waals surface area contributed by atoms with E-state index in [9.17, 15) is 18.0 Å². The number of halogens is 3. The topological polar surface area (TPSA) is 63.6 Å². The monoisotopic (exact) mass is 315 g/mol. The summed E-state index contributed by atoms with van der Waals surface area (Å²) in [5.74, 6) is -0.796. The smallest absolute Gasteiger partial charge is 0.406 e. The van der Waals surface area contributed by atoms with Crippen molar-refractivity contribution in [2.45, 2.75) is 6.36 Å². The number of rotatable bonds is 4. The van der Waals surface area contributed by atoms with E-state index < -0.39 is 12.3 Å². The van der Waals surface area contributed by atoms with Crippen molar-refractivity contribution < 1.29 is 22.7 Å². The standard InChI is InChI=1S/C12H8F3N3O2S/c13-12(14,15)20-9-3-1-8(2-4-9)5-17-18-11(19)10-6-21-7-16-10/h1-7H,(H,18,19). The van der Waals surface area contributed by atoms with Crippen molar-refractivity contribution in [3.05, 3.63) is 46.4 Å². The van der Waals surface area contributed by atoms with Crippen molar-refractivity contribution >= 4 is 23.5 Å². The van der Waals surface area contributed by atoms with E-state index in [1.807, 2.05) is 0 Å². The minimum Gasteiger partial charge on any atom is -0.406 e. The predicted octanol–water partition coefficient (Wildman–Crippen LogP) is 2.81. The fraction of sp³-hybridized carbons (Fsp3) is 0.0833. The van der Waals surface area contributed by atoms with Crippen LogP contribution in [-0.4, -0.2) is 23.5 Å². The maximum Gasteiger partial charge on any atom is 0.573 e. The molecular weight excluding hydrogens is 307 g/mol. The van der Waals surface area contributed by atoms with Gasteiger partial charge in [-0.05, 0) is 29.8 Å². The molecule has 1 aromatic carbocycles. The molecule has 0 atom stereocenters. The van der Waals surface area contributed by atoms with E-state index in [-0.39, 0.29) is 11.4 Å². The first-order valence-electron chi connectivity index (χ1n) is 5.51. The van der Waals surface area contributed by atoms with Crippen LogP contribution in [0.25, 0.3) is 0 Å². The number of amides is 1. The van der Waals surface area contributed by atoms with Crippen LogP contribution in [-0.2, 0) is 0 Å². The van der Waals surface area contributed by atoms with Crippen molar-refractivity contribution in [3.8, 4) is 5.75 Å². The normalized spacial score (nSPS) is 11.6. The van der Waals surface area contributed by atoms with Gasteiger partial charge in [-0.3, -0.25) is 4.79 Å². The quantitative estimate of drug-likeness (QED) is 0.697. The first kappa shape index (κ1) is 15.0. The molecule has 0 unspecified atom stereocenters. The molecule has 0 aliphatic heterocycles. The summed E-state index contributed by atoms with van der Waals surface area (Å²) in [7, 11) is 0. The zero-order chi connectivity index (χ0) is 15.3. The molecule has 21 heavy (non-hydrogen) atoms. The van der Waals surface area contributed by atoms with Crippen LogP contribution < -0.4 is 10.2 Å². The number of hydrazone groups is 1. The van der Waals surface area contributed by atoms with Gasteiger partial charge in [0.25, 0.3) is 5.91 Å². The number of carbonyl (C=O) groups is 1. The van der Waals surface area contributed by atoms with E-state index in [0.29, 0.717) is 5.56 Å². The van der Waals surface area contributed by atoms with Gasteiger partial charge in [0.15, 0.2) is 0 Å². The van der Waals surface area contributed by atoms with Gasteiger partial charge in [-0.2, -0.15) is 5.10 Å². The molecule has 5 nitrogen and oxygen atoms in total. The van der Waals surface area contributed by atoms with Crippen LogP contribution in [0.4, 0.5) is 13.2 Å². The second-order valence-electron chi connectivity index (χ2n) is 3.69. The van der Waals surface area contributed by atoms with Gasteiger partial charge in [0.2, 0.25) is 0 Å². The maximum atomic E-state index is 12.0. The van der Waals surface area contributed by atoms with Crippen molar-refractivity contribution in [1.29, 1.82) is 0 Å². The van der Waals surface area contributed by atoms with Crippen LogP contribution >= 0.6 is 11.3 Å². The molecule has 0 saturated carbocycles. The zero-order valence-electron chi connectivity index (χ0n) is 10.3. The van der Waals surface area contributed by atoms with Gasteiger partial charge in [-0.1, -0.05) is 0 Å². The van der Waals surface area contributed by atoms with Gasteiger partial charge in [0.1, 0.15) is 11.4 Å². The molecule has 0 fully saturated rings. The average molecular weight is 315 g/mol. The lowest BCUT2D eigenvalue weighted by molar-refractivity contribution is -0.274. The number of alkyl halides is 3. The SMILES string of the molecule is O=C(NN=Cc1ccc(OC(F)(F)F)cc1)c1cscn1. The summed E-state index contributed by atoms with van der Waals surface area (Å²) in [5.41, 5.74) is 4.51. The first-order chi connectivity index (χ1) is 9.94. The minimum absolute atomic E-state index is 0.242. The summed E-state index contributed by atoms with van der Waals surface area (Å²) < 4.78 is 39.6. The Bertz CT molecular complexity index is 624. The molecule has 0 saturated heterocycles. The van der Waals surface area contributed by atoms with Crippen molar-refractivity contribution in [2.75, 3.05) is 0 Å². The third kappa shape index (κ3) is 4.88. The fourth-order valence-electron chi connectivity index (χ4n) is 1.30. The molecule has 110 valence electrons. The first-order valence-corrected chi connectivity index (χ1v) is 6.46. The third-order valence-corrected chi connectivity index (χ3v) is 2.74. The molecule has 9 heteroatoms. The minimum atomic E-state index is -4.73. The molecule has 0 aliphatic carbocycles. The summed E-state index contributed by atoms with van der Waals surface area (Å²) in [6.07, 6.45) is -3.43. The lowest BCUT2D eigenvalue weighted by Gasteiger charge is -2.08. The molecule has 1 aromatic heterocycles. The second kappa shape index (κ2) is 6.35. The lowest BCUT2D eigenvalue weighted by Crippen LogP contribution is -2.18. The van der Waals surface area contributed by atoms with Crippen LogP contribution in [0.2, 0.25) is 0 Å². The van der Waals surface area contributed by atoms with Crippen LogP contribution in [0.3, 0.4) is 0 Å². The number of hydrogen-bond donors (Lipinski definition) is 1. The average Bonchev–Trinajstić information content (AvgIpc) is 2.93. The van der Waals surface area contributed by atoms with Crippen LogP contribution in [0.15, 0.2) is 40.3 Å². The Hall–Kier alpha value is -2.42. The summed E-state index contributed by atoms with van der Waals surface area (Å²) in [5, 5.41) is 5.24. The summed E-state index contributed by atoms with van der Waals surface area (Å²) in [6, 6.07) is 5.05. The van der Waals surface area contributed by atoms with Gasteiger partial charge in [-0.15, -0.1) is 24.5 Å². The van der Waals surface area contributed by atoms with Crippen molar-refractivity contribution in [2.24, 2.45) is 5.10 Å². The maximum absolute atomic E-state index is 12.0. The van der Waals surface area contributed by atoms with E-state index in [2.05, 4.69) is 20.2 Å². The zero-order valence-corrected chi connectivity index (χ0v) is 11.1. The molecule has 0 radical (unpaired) electrons. The number of nitrogens with one attached hydrogen (secondary N) is 1. The van der Waals surface area contributed by atoms with Gasteiger partial charge >= 0.3 is 6.36 Å². The van der Waals surface area contributed by atoms with E-state index in [4.69, 9.17) is 0 Å². The summed E-state index contributed by atoms with van der Waals surface area (Å²) >= 11 is 1.27. The number of nitrogens with zero attached hydrogens (tertiary/aromatic N) is 2. The molecule has 0 spiro atoms. The van der Waals surface area contributed by atoms with Crippen LogP contribution in [0, 0.1) is 0 Å². The Labute approximate surface area is 121 Å². The van der Waals surface area contributed by atoms with E-state index in [1.54, 1.807) is 5.38 Å². The van der Waals surface area contributed by atoms with Crippen LogP contribution in [0.1, 0.15) is 16.1 Å². The molecule has 2 aromatic rings. The van der Waals surface area contributed by atoms with Crippen molar-refractivity contribution in [3.63, 3.8) is 0 Å². The molecule has 1 N–H and O–H groups in total. The number of ether oxygens (including phenoxy) is 1. The molecule has 0 aliphatic rings. The highest BCUT2D eigenvalue weighted by Gasteiger charge is 2.30. The largest absolute Gasteiger partial charge is 0.573 e. The predicted molar refractivity (Wildman–Crippen MR) is 70.3 cm³/mol. The van der Waals surface area contributed by atoms with Gasteiger partial charge in [0, 0.05) is 5.38 Å². The number of carbonyl (C=O) groups excluding carboxylic acids is 1. The molecule has 0 bridgehead atoms. The number of aromatic nitrogens is 1. The summed E-state index contributed by atoms with van der Waals surface area (Å²) in [6.45, 7) is 0. The number of benzene rings is 1. The van der Waals surface area contributed by atoms with Crippen LogP contribution in [0.5, 0.6) is 5.75 Å². The number of thiazole rings is 1. The van der Waals surface area contributed by atoms with E-state index in [0.717, 1.165) is 12.1 Å². The molecule has 1 heterocycles. The highest BCUT2D eigenvalue weighted by molar-refractivity contribution is 7.07. The molecular formula is C12H8F3N3O2S. The fourth-order valence-corrected chi connectivity index (χ4v) is 1.84. The van der Waals surface area contributed by atoms with E-state index >= 15 is 0 Å². The highest BCUT2D eigenvalue weighted by atomic mass is 32.1. The second-order valence-corrected chi connectivity index (χ2v) is 4.41. The third-order valence-electron chi connectivity index (χ3n) is 2.16. The Morgan fingerprint density at radius 3 is 2.62 bits per heavy atom. The Morgan fingerprint density at radius 2 is 2.05 bits per heavy atom. The summed E-state index contributed by atoms with van der Waals surface area (Å²) in [4.78, 5) is 15.3. The molecule has 2 rings (SSSR count). The molecule has 1 amide bonds. The number of hydrogen-bond acceptors (Lipinski definition) is 5. The Kier molecular flexibility index (Phi) is 4.53. The Morgan fingerprint density at radius 1 is 1.33 bits per heavy atom. The Balaban J connectivity index is 1.91.